The minimum Gasteiger partial charge on any atom is -0.394 e. The molecule has 312 valence electrons. The first kappa shape index (κ1) is 42.8. The van der Waals surface area contributed by atoms with Crippen LogP contribution in [0.25, 0.3) is 0 Å². The SMILES string of the molecule is CC(C)=CCC[C@](C)(O[C@H]1O[C@H](CO)[C@@H](O)[C@H](O)[C@@H]1O[C@H]1OC[C@@H](O)[C@H](O)[C@H]1O)[C@@H]1CC[C@@]2(C)[C@@H]1[C@H](O)C[C@H]1[C@]3(C)CC[C@H](O)C(C)(C)[C@@H]3[C@@H](O)C[C@]12C. The van der Waals surface area contributed by atoms with E-state index in [1.165, 1.54) is 0 Å². The molecule has 2 heterocycles. The third-order valence-electron chi connectivity index (χ3n) is 16.2. The molecule has 0 aromatic heterocycles. The number of aliphatic hydroxyl groups excluding tert-OH is 9. The van der Waals surface area contributed by atoms with E-state index in [1.54, 1.807) is 0 Å². The smallest absolute Gasteiger partial charge is 0.187 e. The van der Waals surface area contributed by atoms with Gasteiger partial charge in [0.1, 0.15) is 42.7 Å². The van der Waals surface area contributed by atoms with Crippen LogP contribution in [0.3, 0.4) is 0 Å². The summed E-state index contributed by atoms with van der Waals surface area (Å²) >= 11 is 0. The summed E-state index contributed by atoms with van der Waals surface area (Å²) in [6, 6.07) is 0. The Bertz CT molecular complexity index is 1360. The summed E-state index contributed by atoms with van der Waals surface area (Å²) in [6.07, 6.45) is -7.91. The van der Waals surface area contributed by atoms with E-state index in [9.17, 15) is 46.0 Å². The number of rotatable bonds is 9. The predicted molar refractivity (Wildman–Crippen MR) is 196 cm³/mol. The zero-order valence-electron chi connectivity index (χ0n) is 33.5. The minimum absolute atomic E-state index is 0.107. The fourth-order valence-electron chi connectivity index (χ4n) is 13.2. The lowest BCUT2D eigenvalue weighted by Crippen LogP contribution is -2.70. The monoisotopic (exact) mass is 770 g/mol. The molecule has 2 saturated heterocycles. The van der Waals surface area contributed by atoms with Crippen molar-refractivity contribution in [3.8, 4) is 0 Å². The van der Waals surface area contributed by atoms with Crippen molar-refractivity contribution < 1.29 is 64.9 Å². The van der Waals surface area contributed by atoms with Crippen LogP contribution in [-0.2, 0) is 18.9 Å². The molecule has 6 rings (SSSR count). The normalized spacial score (nSPS) is 52.8. The van der Waals surface area contributed by atoms with E-state index in [1.807, 2.05) is 20.8 Å². The fraction of sp³-hybridized carbons (Fsp3) is 0.951. The van der Waals surface area contributed by atoms with E-state index in [4.69, 9.17) is 18.9 Å². The van der Waals surface area contributed by atoms with Gasteiger partial charge in [0.2, 0.25) is 0 Å². The van der Waals surface area contributed by atoms with Crippen molar-refractivity contribution >= 4 is 0 Å². The van der Waals surface area contributed by atoms with Crippen molar-refractivity contribution in [1.82, 2.24) is 0 Å². The van der Waals surface area contributed by atoms with Gasteiger partial charge >= 0.3 is 0 Å². The zero-order valence-corrected chi connectivity index (χ0v) is 33.5. The lowest BCUT2D eigenvalue weighted by atomic mass is 9.34. The third-order valence-corrected chi connectivity index (χ3v) is 16.2. The van der Waals surface area contributed by atoms with Crippen molar-refractivity contribution in [1.29, 1.82) is 0 Å². The molecule has 0 aromatic carbocycles. The Kier molecular flexibility index (Phi) is 12.0. The molecule has 6 aliphatic rings. The van der Waals surface area contributed by atoms with Crippen LogP contribution in [0.4, 0.5) is 0 Å². The number of hydrogen-bond donors (Lipinski definition) is 9. The Morgan fingerprint density at radius 1 is 0.815 bits per heavy atom. The van der Waals surface area contributed by atoms with Crippen molar-refractivity contribution in [3.05, 3.63) is 11.6 Å². The first-order valence-corrected chi connectivity index (χ1v) is 20.4. The Morgan fingerprint density at radius 3 is 2.15 bits per heavy atom. The van der Waals surface area contributed by atoms with Gasteiger partial charge in [0.05, 0.1) is 37.1 Å². The highest BCUT2D eigenvalue weighted by molar-refractivity contribution is 5.22. The van der Waals surface area contributed by atoms with Crippen LogP contribution in [0, 0.1) is 45.3 Å². The van der Waals surface area contributed by atoms with Gasteiger partial charge in [-0.3, -0.25) is 0 Å². The van der Waals surface area contributed by atoms with Crippen LogP contribution in [0.2, 0.25) is 0 Å². The summed E-state index contributed by atoms with van der Waals surface area (Å²) < 4.78 is 24.7. The van der Waals surface area contributed by atoms with E-state index < -0.39 is 96.7 Å². The Hall–Kier alpha value is -0.780. The van der Waals surface area contributed by atoms with E-state index >= 15 is 0 Å². The van der Waals surface area contributed by atoms with Crippen molar-refractivity contribution in [3.63, 3.8) is 0 Å². The highest BCUT2D eigenvalue weighted by Crippen LogP contribution is 2.76. The second-order valence-corrected chi connectivity index (χ2v) is 19.8. The first-order chi connectivity index (χ1) is 25.1. The maximum Gasteiger partial charge on any atom is 0.187 e. The van der Waals surface area contributed by atoms with Crippen LogP contribution in [0.1, 0.15) is 107 Å². The molecule has 2 aliphatic heterocycles. The lowest BCUT2D eigenvalue weighted by Gasteiger charge is -2.71. The molecule has 0 amide bonds. The van der Waals surface area contributed by atoms with E-state index in [-0.39, 0.29) is 41.1 Å². The Morgan fingerprint density at radius 2 is 1.50 bits per heavy atom. The average Bonchev–Trinajstić information content (AvgIpc) is 3.47. The predicted octanol–water partition coefficient (Wildman–Crippen LogP) is 1.76. The van der Waals surface area contributed by atoms with Crippen molar-refractivity contribution in [2.45, 2.75) is 186 Å². The number of hydrogen-bond acceptors (Lipinski definition) is 13. The Balaban J connectivity index is 1.35. The maximum atomic E-state index is 12.5. The second-order valence-electron chi connectivity index (χ2n) is 19.8. The molecule has 0 aromatic rings. The Labute approximate surface area is 320 Å². The largest absolute Gasteiger partial charge is 0.394 e. The van der Waals surface area contributed by atoms with E-state index in [2.05, 4.69) is 40.7 Å². The van der Waals surface area contributed by atoms with Gasteiger partial charge in [0.25, 0.3) is 0 Å². The van der Waals surface area contributed by atoms with Gasteiger partial charge in [-0.1, -0.05) is 46.3 Å². The lowest BCUT2D eigenvalue weighted by molar-refractivity contribution is -0.374. The summed E-state index contributed by atoms with van der Waals surface area (Å²) in [5.41, 5.74) is -1.40. The molecule has 6 fully saturated rings. The van der Waals surface area contributed by atoms with Crippen LogP contribution >= 0.6 is 0 Å². The summed E-state index contributed by atoms with van der Waals surface area (Å²) in [4.78, 5) is 0. The first-order valence-electron chi connectivity index (χ1n) is 20.4. The van der Waals surface area contributed by atoms with E-state index in [0.29, 0.717) is 38.5 Å². The molecule has 0 radical (unpaired) electrons. The molecule has 9 N–H and O–H groups in total. The molecule has 4 aliphatic carbocycles. The summed E-state index contributed by atoms with van der Waals surface area (Å²) in [6.45, 7) is 16.1. The van der Waals surface area contributed by atoms with Gasteiger partial charge in [-0.15, -0.1) is 0 Å². The quantitative estimate of drug-likeness (QED) is 0.153. The number of ether oxygens (including phenoxy) is 4. The van der Waals surface area contributed by atoms with Gasteiger partial charge in [-0.25, -0.2) is 0 Å². The number of aliphatic hydroxyl groups is 9. The van der Waals surface area contributed by atoms with Gasteiger partial charge in [0.15, 0.2) is 12.6 Å². The summed E-state index contributed by atoms with van der Waals surface area (Å²) in [5, 5.41) is 99.3. The van der Waals surface area contributed by atoms with Gasteiger partial charge in [-0.2, -0.15) is 0 Å². The van der Waals surface area contributed by atoms with Crippen LogP contribution in [-0.4, -0.2) is 138 Å². The highest BCUT2D eigenvalue weighted by atomic mass is 16.8. The zero-order chi connectivity index (χ0) is 39.9. The molecule has 13 heteroatoms. The minimum atomic E-state index is -1.68. The second kappa shape index (κ2) is 15.1. The molecule has 54 heavy (non-hydrogen) atoms. The van der Waals surface area contributed by atoms with Crippen LogP contribution < -0.4 is 0 Å². The molecule has 13 nitrogen and oxygen atoms in total. The number of fused-ring (bicyclic) bond motifs is 5. The van der Waals surface area contributed by atoms with E-state index in [0.717, 1.165) is 18.4 Å². The average molecular weight is 771 g/mol. The topological polar surface area (TPSA) is 219 Å². The maximum absolute atomic E-state index is 12.5. The fourth-order valence-corrected chi connectivity index (χ4v) is 13.2. The molecule has 4 saturated carbocycles. The number of allylic oxidation sites excluding steroid dienone is 2. The van der Waals surface area contributed by atoms with Crippen LogP contribution in [0.15, 0.2) is 11.6 Å². The van der Waals surface area contributed by atoms with Gasteiger partial charge in [-0.05, 0) is 117 Å². The van der Waals surface area contributed by atoms with Crippen molar-refractivity contribution in [2.75, 3.05) is 13.2 Å². The van der Waals surface area contributed by atoms with Crippen molar-refractivity contribution in [2.24, 2.45) is 45.3 Å². The standard InChI is InChI=1S/C41H70O13/c1-20(2)10-9-13-41(8,54-36-33(31(49)30(48)25(18-42)52-36)53-35-32(50)29(47)24(45)19-51-35)21-11-15-39(6)28(21)22(43)16-26-38(5)14-12-27(46)37(3,4)34(38)23(44)17-40(26,39)7/h10,21-36,42-50H,9,11-19H2,1-8H3/t21-,22-,23+,24-,25-,26+,27+,28+,29+,30-,31+,32-,33+,34+,35-,36-,38+,39+,40-,41+/m1/s1. The summed E-state index contributed by atoms with van der Waals surface area (Å²) in [7, 11) is 0. The highest BCUT2D eigenvalue weighted by Gasteiger charge is 2.73. The molecule has 0 spiro atoms. The molecule has 20 atom stereocenters. The molecular formula is C41H70O13. The summed E-state index contributed by atoms with van der Waals surface area (Å²) in [5.74, 6) is -0.471. The molecule has 0 unspecified atom stereocenters. The third kappa shape index (κ3) is 6.76. The molecular weight excluding hydrogens is 700 g/mol. The van der Waals surface area contributed by atoms with Crippen LogP contribution in [0.5, 0.6) is 0 Å². The van der Waals surface area contributed by atoms with Gasteiger partial charge < -0.3 is 64.9 Å². The van der Waals surface area contributed by atoms with Gasteiger partial charge in [0, 0.05) is 0 Å². The molecule has 0 bridgehead atoms.